The van der Waals surface area contributed by atoms with Gasteiger partial charge in [0.15, 0.2) is 6.10 Å². The predicted octanol–water partition coefficient (Wildman–Crippen LogP) is 21.3. The van der Waals surface area contributed by atoms with Crippen molar-refractivity contribution < 1.29 is 28.6 Å². The summed E-state index contributed by atoms with van der Waals surface area (Å²) in [5, 5.41) is 0. The number of carbonyl (C=O) groups excluding carboxylic acids is 3. The van der Waals surface area contributed by atoms with Crippen LogP contribution in [0.4, 0.5) is 0 Å². The lowest BCUT2D eigenvalue weighted by atomic mass is 10.0. The third-order valence-corrected chi connectivity index (χ3v) is 12.5. The first kappa shape index (κ1) is 72.0. The van der Waals surface area contributed by atoms with Crippen LogP contribution < -0.4 is 0 Å². The molecule has 0 amide bonds. The fourth-order valence-corrected chi connectivity index (χ4v) is 7.98. The maximum absolute atomic E-state index is 12.8. The van der Waals surface area contributed by atoms with Gasteiger partial charge in [0.25, 0.3) is 0 Å². The molecule has 77 heavy (non-hydrogen) atoms. The van der Waals surface area contributed by atoms with Gasteiger partial charge in [0.2, 0.25) is 0 Å². The lowest BCUT2D eigenvalue weighted by molar-refractivity contribution is -0.166. The van der Waals surface area contributed by atoms with E-state index >= 15 is 0 Å². The maximum atomic E-state index is 12.8. The Kier molecular flexibility index (Phi) is 59.5. The van der Waals surface area contributed by atoms with E-state index in [1.807, 2.05) is 12.2 Å². The number of ether oxygens (including phenoxy) is 3. The molecule has 0 rings (SSSR count). The van der Waals surface area contributed by atoms with E-state index in [-0.39, 0.29) is 31.6 Å². The van der Waals surface area contributed by atoms with E-state index in [0.29, 0.717) is 19.3 Å². The lowest BCUT2D eigenvalue weighted by Gasteiger charge is -2.18. The van der Waals surface area contributed by atoms with Gasteiger partial charge in [-0.25, -0.2) is 0 Å². The molecule has 6 nitrogen and oxygen atoms in total. The molecule has 0 N–H and O–H groups in total. The summed E-state index contributed by atoms with van der Waals surface area (Å²) >= 11 is 0. The van der Waals surface area contributed by atoms with Crippen molar-refractivity contribution in [2.24, 2.45) is 0 Å². The highest BCUT2D eigenvalue weighted by atomic mass is 16.6. The highest BCUT2D eigenvalue weighted by Crippen LogP contribution is 2.15. The summed E-state index contributed by atoms with van der Waals surface area (Å²) in [7, 11) is 0. The quantitative estimate of drug-likeness (QED) is 0.0261. The van der Waals surface area contributed by atoms with Gasteiger partial charge in [0.1, 0.15) is 13.2 Å². The fraction of sp³-hybridized carbons (Fsp3) is 0.592. The van der Waals surface area contributed by atoms with Gasteiger partial charge in [-0.3, -0.25) is 14.4 Å². The molecule has 0 heterocycles. The second kappa shape index (κ2) is 63.6. The van der Waals surface area contributed by atoms with Crippen LogP contribution in [0.3, 0.4) is 0 Å². The molecular formula is C71H112O6. The fourth-order valence-electron chi connectivity index (χ4n) is 7.98. The van der Waals surface area contributed by atoms with Crippen molar-refractivity contribution in [3.63, 3.8) is 0 Å². The zero-order valence-electron chi connectivity index (χ0n) is 49.4. The third kappa shape index (κ3) is 61.8. The van der Waals surface area contributed by atoms with E-state index in [1.165, 1.54) is 70.6 Å². The molecule has 0 aromatic heterocycles. The van der Waals surface area contributed by atoms with Crippen molar-refractivity contribution in [2.75, 3.05) is 13.2 Å². The smallest absolute Gasteiger partial charge is 0.306 e. The number of allylic oxidation sites excluding steroid dienone is 26. The van der Waals surface area contributed by atoms with Crippen LogP contribution in [0.15, 0.2) is 158 Å². The first-order valence-electron chi connectivity index (χ1n) is 31.0. The average molecular weight is 1060 g/mol. The van der Waals surface area contributed by atoms with Crippen molar-refractivity contribution in [3.05, 3.63) is 158 Å². The van der Waals surface area contributed by atoms with E-state index in [2.05, 4.69) is 167 Å². The van der Waals surface area contributed by atoms with Crippen molar-refractivity contribution >= 4 is 17.9 Å². The topological polar surface area (TPSA) is 78.9 Å². The van der Waals surface area contributed by atoms with Gasteiger partial charge < -0.3 is 14.2 Å². The highest BCUT2D eigenvalue weighted by Gasteiger charge is 2.19. The number of carbonyl (C=O) groups is 3. The minimum atomic E-state index is -0.821. The molecule has 0 aliphatic heterocycles. The standard InChI is InChI=1S/C71H112O6/c1-4-7-10-13-15-17-19-21-23-25-27-28-29-30-31-32-33-34-35-36-37-38-39-40-41-42-44-45-47-49-51-53-55-58-61-64-70(73)76-67-68(66-75-69(72)63-60-57-12-9-6-3)77-71(74)65-62-59-56-54-52-50-48-46-43-26-24-22-20-18-16-14-11-8-5-2/h7-8,10-11,15-18,21-24,27-28,30-31,33-34,36-37,43,46,50,52,56,59,68H,4-6,9,12-14,19-20,25-26,29,32,35,38-42,44-45,47-49,51,53-55,57-58,60-67H2,1-3H3/b10-7-,11-8-,17-15-,18-16-,23-21-,24-22-,28-27-,31-30-,34-33-,37-36-,46-43-,52-50-,59-56-. The van der Waals surface area contributed by atoms with Crippen LogP contribution in [0.2, 0.25) is 0 Å². The summed E-state index contributed by atoms with van der Waals surface area (Å²) in [6, 6.07) is 0. The largest absolute Gasteiger partial charge is 0.462 e. The number of unbranched alkanes of at least 4 members (excludes halogenated alkanes) is 17. The Balaban J connectivity index is 4.09. The second-order valence-corrected chi connectivity index (χ2v) is 19.9. The third-order valence-electron chi connectivity index (χ3n) is 12.5. The van der Waals surface area contributed by atoms with E-state index in [0.717, 1.165) is 135 Å². The summed E-state index contributed by atoms with van der Waals surface area (Å²) in [5.41, 5.74) is 0. The highest BCUT2D eigenvalue weighted by molar-refractivity contribution is 5.71. The van der Waals surface area contributed by atoms with Gasteiger partial charge in [-0.05, 0) is 116 Å². The van der Waals surface area contributed by atoms with E-state index in [9.17, 15) is 14.4 Å². The first-order chi connectivity index (χ1) is 38.0. The van der Waals surface area contributed by atoms with Crippen LogP contribution in [0, 0.1) is 0 Å². The van der Waals surface area contributed by atoms with Crippen LogP contribution in [0.25, 0.3) is 0 Å². The molecule has 0 spiro atoms. The molecule has 0 aromatic carbocycles. The molecule has 0 aliphatic carbocycles. The van der Waals surface area contributed by atoms with Crippen molar-refractivity contribution in [1.29, 1.82) is 0 Å². The van der Waals surface area contributed by atoms with Crippen LogP contribution in [0.1, 0.15) is 252 Å². The Morgan fingerprint density at radius 2 is 0.532 bits per heavy atom. The number of hydrogen-bond donors (Lipinski definition) is 0. The zero-order valence-corrected chi connectivity index (χ0v) is 49.4. The predicted molar refractivity (Wildman–Crippen MR) is 334 cm³/mol. The summed E-state index contributed by atoms with van der Waals surface area (Å²) in [6.07, 6.45) is 93.1. The van der Waals surface area contributed by atoms with Crippen molar-refractivity contribution in [1.82, 2.24) is 0 Å². The van der Waals surface area contributed by atoms with Gasteiger partial charge in [-0.2, -0.15) is 0 Å². The van der Waals surface area contributed by atoms with Crippen molar-refractivity contribution in [3.8, 4) is 0 Å². The average Bonchev–Trinajstić information content (AvgIpc) is 3.43. The molecule has 0 fully saturated rings. The summed E-state index contributed by atoms with van der Waals surface area (Å²) in [5.74, 6) is -1.02. The van der Waals surface area contributed by atoms with E-state index in [1.54, 1.807) is 0 Å². The lowest BCUT2D eigenvalue weighted by Crippen LogP contribution is -2.30. The van der Waals surface area contributed by atoms with Gasteiger partial charge in [0, 0.05) is 19.3 Å². The van der Waals surface area contributed by atoms with Crippen molar-refractivity contribution in [2.45, 2.75) is 258 Å². The Morgan fingerprint density at radius 1 is 0.273 bits per heavy atom. The number of rotatable bonds is 54. The Bertz CT molecular complexity index is 1740. The summed E-state index contributed by atoms with van der Waals surface area (Å²) < 4.78 is 16.6. The Labute approximate surface area is 473 Å². The Morgan fingerprint density at radius 3 is 0.844 bits per heavy atom. The molecule has 0 saturated heterocycles. The molecule has 0 bridgehead atoms. The van der Waals surface area contributed by atoms with Gasteiger partial charge in [-0.1, -0.05) is 275 Å². The summed E-state index contributed by atoms with van der Waals surface area (Å²) in [4.78, 5) is 37.8. The molecular weight excluding hydrogens is 949 g/mol. The van der Waals surface area contributed by atoms with Crippen LogP contribution in [0.5, 0.6) is 0 Å². The number of esters is 3. The van der Waals surface area contributed by atoms with Gasteiger partial charge >= 0.3 is 17.9 Å². The zero-order chi connectivity index (χ0) is 55.7. The monoisotopic (exact) mass is 1060 g/mol. The molecule has 0 aromatic rings. The van der Waals surface area contributed by atoms with Crippen LogP contribution in [-0.2, 0) is 28.6 Å². The SMILES string of the molecule is CC/C=C\C/C=C\C/C=C\C/C=C\C/C=C\C/C=C\C/C=C\CCCCCCCCCCCCCCCC(=O)OCC(COC(=O)CCCCCCC)OC(=O)CC/C=C\C/C=C\C/C=C\C/C=C\C/C=C\C/C=C\CC. The van der Waals surface area contributed by atoms with Gasteiger partial charge in [-0.15, -0.1) is 0 Å². The van der Waals surface area contributed by atoms with Crippen LogP contribution >= 0.6 is 0 Å². The number of hydrogen-bond acceptors (Lipinski definition) is 6. The van der Waals surface area contributed by atoms with Gasteiger partial charge in [0.05, 0.1) is 0 Å². The molecule has 1 unspecified atom stereocenters. The van der Waals surface area contributed by atoms with Crippen LogP contribution in [-0.4, -0.2) is 37.2 Å². The normalized spacial score (nSPS) is 13.2. The molecule has 432 valence electrons. The summed E-state index contributed by atoms with van der Waals surface area (Å²) in [6.45, 7) is 6.25. The molecule has 0 radical (unpaired) electrons. The Hall–Kier alpha value is -4.97. The molecule has 1 atom stereocenters. The molecule has 6 heteroatoms. The molecule has 0 saturated carbocycles. The second-order valence-electron chi connectivity index (χ2n) is 19.9. The minimum Gasteiger partial charge on any atom is -0.462 e. The maximum Gasteiger partial charge on any atom is 0.306 e. The minimum absolute atomic E-state index is 0.113. The molecule has 0 aliphatic rings. The first-order valence-corrected chi connectivity index (χ1v) is 31.0. The van der Waals surface area contributed by atoms with E-state index in [4.69, 9.17) is 14.2 Å². The van der Waals surface area contributed by atoms with E-state index < -0.39 is 12.1 Å².